The minimum atomic E-state index is 0.129. The molecule has 1 N–H and O–H groups in total. The molecule has 1 aromatic heterocycles. The largest absolute Gasteiger partial charge is 0.497 e. The number of aliphatic hydroxyl groups excluding tert-OH is 1. The fourth-order valence-corrected chi connectivity index (χ4v) is 6.00. The topological polar surface area (TPSA) is 45.6 Å². The van der Waals surface area contributed by atoms with E-state index < -0.39 is 0 Å². The first-order valence-electron chi connectivity index (χ1n) is 8.88. The van der Waals surface area contributed by atoms with Crippen LogP contribution in [0.4, 0.5) is 0 Å². The summed E-state index contributed by atoms with van der Waals surface area (Å²) >= 11 is 1.75. The number of ether oxygens (including phenoxy) is 1. The van der Waals surface area contributed by atoms with Gasteiger partial charge < -0.3 is 9.84 Å². The zero-order valence-electron chi connectivity index (χ0n) is 15.2. The van der Waals surface area contributed by atoms with Gasteiger partial charge in [0.25, 0.3) is 0 Å². The maximum atomic E-state index is 9.92. The fourth-order valence-electron chi connectivity index (χ4n) is 5.05. The van der Waals surface area contributed by atoms with Gasteiger partial charge in [0.2, 0.25) is 0 Å². The first-order chi connectivity index (χ1) is 12.0. The van der Waals surface area contributed by atoms with Crippen LogP contribution in [0.3, 0.4) is 0 Å². The molecular formula is C20H26N2O2S. The Morgan fingerprint density at radius 2 is 2.24 bits per heavy atom. The van der Waals surface area contributed by atoms with Crippen molar-refractivity contribution >= 4 is 11.3 Å². The van der Waals surface area contributed by atoms with Gasteiger partial charge in [-0.3, -0.25) is 4.90 Å². The maximum Gasteiger partial charge on any atom is 0.123 e. The highest BCUT2D eigenvalue weighted by atomic mass is 32.1. The molecule has 4 rings (SSSR count). The number of methoxy groups -OCH3 is 1. The summed E-state index contributed by atoms with van der Waals surface area (Å²) in [5.41, 5.74) is 1.59. The van der Waals surface area contributed by atoms with Crippen molar-refractivity contribution in [3.05, 3.63) is 35.3 Å². The molecule has 0 spiro atoms. The summed E-state index contributed by atoms with van der Waals surface area (Å²) in [5, 5.41) is 11.0. The Balaban J connectivity index is 1.47. The molecule has 0 amide bonds. The lowest BCUT2D eigenvalue weighted by Crippen LogP contribution is -2.54. The Labute approximate surface area is 153 Å². The average molecular weight is 359 g/mol. The van der Waals surface area contributed by atoms with Crippen molar-refractivity contribution < 1.29 is 9.84 Å². The summed E-state index contributed by atoms with van der Waals surface area (Å²) in [6, 6.07) is 8.06. The van der Waals surface area contributed by atoms with Gasteiger partial charge in [0.1, 0.15) is 10.8 Å². The third kappa shape index (κ3) is 2.88. The first-order valence-corrected chi connectivity index (χ1v) is 9.70. The smallest absolute Gasteiger partial charge is 0.123 e. The van der Waals surface area contributed by atoms with Crippen LogP contribution < -0.4 is 4.74 Å². The van der Waals surface area contributed by atoms with E-state index in [0.717, 1.165) is 42.4 Å². The van der Waals surface area contributed by atoms with E-state index in [4.69, 9.17) is 4.74 Å². The molecule has 0 unspecified atom stereocenters. The molecule has 5 heteroatoms. The van der Waals surface area contributed by atoms with Gasteiger partial charge in [-0.05, 0) is 29.9 Å². The molecule has 2 fully saturated rings. The highest BCUT2D eigenvalue weighted by Crippen LogP contribution is 2.62. The normalized spacial score (nSPS) is 27.8. The zero-order valence-corrected chi connectivity index (χ0v) is 16.0. The first kappa shape index (κ1) is 17.0. The van der Waals surface area contributed by atoms with Crippen LogP contribution in [0.1, 0.15) is 25.1 Å². The Hall–Kier alpha value is -1.43. The van der Waals surface area contributed by atoms with Gasteiger partial charge in [0.15, 0.2) is 0 Å². The number of thiazole rings is 1. The molecule has 2 aliphatic rings. The number of nitrogens with zero attached hydrogens (tertiary/aromatic N) is 2. The van der Waals surface area contributed by atoms with Gasteiger partial charge in [-0.25, -0.2) is 4.98 Å². The summed E-state index contributed by atoms with van der Waals surface area (Å²) in [5.74, 6) is 1.47. The zero-order chi connectivity index (χ0) is 17.7. The molecule has 134 valence electrons. The lowest BCUT2D eigenvalue weighted by Gasteiger charge is -2.56. The molecule has 0 bridgehead atoms. The van der Waals surface area contributed by atoms with Crippen LogP contribution in [-0.2, 0) is 6.54 Å². The van der Waals surface area contributed by atoms with E-state index in [1.54, 1.807) is 18.4 Å². The molecule has 1 saturated heterocycles. The van der Waals surface area contributed by atoms with Gasteiger partial charge >= 0.3 is 0 Å². The van der Waals surface area contributed by atoms with Gasteiger partial charge in [0.05, 0.1) is 13.7 Å². The minimum Gasteiger partial charge on any atom is -0.497 e. The van der Waals surface area contributed by atoms with E-state index in [2.05, 4.69) is 29.8 Å². The Kier molecular flexibility index (Phi) is 4.13. The van der Waals surface area contributed by atoms with Crippen molar-refractivity contribution in [3.8, 4) is 16.3 Å². The molecule has 1 saturated carbocycles. The molecule has 1 aromatic carbocycles. The van der Waals surface area contributed by atoms with E-state index in [1.807, 2.05) is 24.4 Å². The van der Waals surface area contributed by atoms with E-state index >= 15 is 0 Å². The lowest BCUT2D eigenvalue weighted by atomic mass is 9.48. The van der Waals surface area contributed by atoms with Crippen LogP contribution >= 0.6 is 11.3 Å². The van der Waals surface area contributed by atoms with Crippen LogP contribution in [0.5, 0.6) is 5.75 Å². The van der Waals surface area contributed by atoms with E-state index in [0.29, 0.717) is 17.9 Å². The van der Waals surface area contributed by atoms with E-state index in [1.165, 1.54) is 4.88 Å². The van der Waals surface area contributed by atoms with Gasteiger partial charge in [-0.2, -0.15) is 0 Å². The molecule has 2 heterocycles. The highest BCUT2D eigenvalue weighted by molar-refractivity contribution is 7.15. The number of aliphatic hydroxyl groups is 1. The van der Waals surface area contributed by atoms with Crippen molar-refractivity contribution in [1.29, 1.82) is 0 Å². The molecule has 0 radical (unpaired) electrons. The third-order valence-electron chi connectivity index (χ3n) is 6.03. The summed E-state index contributed by atoms with van der Waals surface area (Å²) in [7, 11) is 1.69. The van der Waals surface area contributed by atoms with Crippen LogP contribution in [0.15, 0.2) is 30.5 Å². The van der Waals surface area contributed by atoms with Gasteiger partial charge in [-0.15, -0.1) is 11.3 Å². The average Bonchev–Trinajstić information content (AvgIpc) is 3.18. The summed E-state index contributed by atoms with van der Waals surface area (Å²) in [4.78, 5) is 8.39. The fraction of sp³-hybridized carbons (Fsp3) is 0.550. The van der Waals surface area contributed by atoms with Gasteiger partial charge in [0, 0.05) is 41.7 Å². The Morgan fingerprint density at radius 1 is 1.40 bits per heavy atom. The SMILES string of the molecule is COc1cccc(-c2ncc(CN3C[C@@H]4C(C)(C)C[C@]4(CO)C3)s2)c1. The third-order valence-corrected chi connectivity index (χ3v) is 7.07. The van der Waals surface area contributed by atoms with Crippen LogP contribution in [-0.4, -0.2) is 41.8 Å². The quantitative estimate of drug-likeness (QED) is 0.886. The number of fused-ring (bicyclic) bond motifs is 1. The Bertz CT molecular complexity index is 773. The van der Waals surface area contributed by atoms with Crippen molar-refractivity contribution in [2.24, 2.45) is 16.7 Å². The maximum absolute atomic E-state index is 9.92. The molecule has 25 heavy (non-hydrogen) atoms. The molecule has 2 aromatic rings. The monoisotopic (exact) mass is 358 g/mol. The predicted molar refractivity (Wildman–Crippen MR) is 101 cm³/mol. The second-order valence-corrected chi connectivity index (χ2v) is 9.39. The van der Waals surface area contributed by atoms with Crippen LogP contribution in [0.2, 0.25) is 0 Å². The van der Waals surface area contributed by atoms with E-state index in [-0.39, 0.29) is 5.41 Å². The Morgan fingerprint density at radius 3 is 2.92 bits per heavy atom. The minimum absolute atomic E-state index is 0.129. The molecule has 2 atom stereocenters. The summed E-state index contributed by atoms with van der Waals surface area (Å²) in [6.07, 6.45) is 3.13. The van der Waals surface area contributed by atoms with Crippen molar-refractivity contribution in [2.75, 3.05) is 26.8 Å². The number of likely N-dealkylation sites (tertiary alicyclic amines) is 1. The molecule has 1 aliphatic carbocycles. The number of aromatic nitrogens is 1. The molecule has 4 nitrogen and oxygen atoms in total. The standard InChI is InChI=1S/C20H26N2O2S/c1-19(2)11-20(13-23)12-22(10-17(19)20)9-16-8-21-18(25-16)14-5-4-6-15(7-14)24-3/h4-8,17,23H,9-13H2,1-3H3/t17-,20-/m1/s1. The van der Waals surface area contributed by atoms with Crippen LogP contribution in [0.25, 0.3) is 10.6 Å². The predicted octanol–water partition coefficient (Wildman–Crippen LogP) is 3.66. The molecule has 1 aliphatic heterocycles. The number of hydrogen-bond acceptors (Lipinski definition) is 5. The van der Waals surface area contributed by atoms with Crippen molar-refractivity contribution in [1.82, 2.24) is 9.88 Å². The lowest BCUT2D eigenvalue weighted by molar-refractivity contribution is -0.0977. The van der Waals surface area contributed by atoms with Crippen molar-refractivity contribution in [3.63, 3.8) is 0 Å². The number of rotatable bonds is 5. The van der Waals surface area contributed by atoms with Crippen molar-refractivity contribution in [2.45, 2.75) is 26.8 Å². The summed E-state index contributed by atoms with van der Waals surface area (Å²) in [6.45, 7) is 8.00. The number of hydrogen-bond donors (Lipinski definition) is 1. The summed E-state index contributed by atoms with van der Waals surface area (Å²) < 4.78 is 5.31. The number of benzene rings is 1. The van der Waals surface area contributed by atoms with Crippen LogP contribution in [0, 0.1) is 16.7 Å². The second kappa shape index (κ2) is 6.08. The second-order valence-electron chi connectivity index (χ2n) is 8.27. The van der Waals surface area contributed by atoms with E-state index in [9.17, 15) is 5.11 Å². The van der Waals surface area contributed by atoms with Gasteiger partial charge in [-0.1, -0.05) is 26.0 Å². The molecular weight excluding hydrogens is 332 g/mol. The highest BCUT2D eigenvalue weighted by Gasteiger charge is 2.62.